The van der Waals surface area contributed by atoms with Gasteiger partial charge in [0.1, 0.15) is 11.7 Å². The van der Waals surface area contributed by atoms with Crippen molar-refractivity contribution in [3.63, 3.8) is 0 Å². The Bertz CT molecular complexity index is 1360. The first-order valence-corrected chi connectivity index (χ1v) is 13.4. The van der Waals surface area contributed by atoms with Gasteiger partial charge in [0.15, 0.2) is 0 Å². The average molecular weight is 502 g/mol. The molecule has 2 fully saturated rings. The van der Waals surface area contributed by atoms with Gasteiger partial charge in [0.2, 0.25) is 11.8 Å². The molecule has 37 heavy (non-hydrogen) atoms. The van der Waals surface area contributed by atoms with Crippen LogP contribution in [-0.4, -0.2) is 63.6 Å². The number of hydrogen-bond acceptors (Lipinski definition) is 4. The van der Waals surface area contributed by atoms with Crippen LogP contribution in [0.1, 0.15) is 50.5 Å². The van der Waals surface area contributed by atoms with Crippen molar-refractivity contribution >= 4 is 28.7 Å². The van der Waals surface area contributed by atoms with Gasteiger partial charge in [-0.05, 0) is 73.4 Å². The van der Waals surface area contributed by atoms with Crippen LogP contribution in [0.2, 0.25) is 0 Å². The number of carbonyl (C=O) groups excluding carboxylic acids is 2. The summed E-state index contributed by atoms with van der Waals surface area (Å²) in [6, 6.07) is 11.0. The summed E-state index contributed by atoms with van der Waals surface area (Å²) in [5.74, 6) is 0.634. The molecule has 7 nitrogen and oxygen atoms in total. The number of imidazole rings is 1. The van der Waals surface area contributed by atoms with Crippen LogP contribution in [0.4, 0.5) is 4.39 Å². The molecule has 8 heteroatoms. The Kier molecular flexibility index (Phi) is 6.49. The standard InChI is InChI=1S/C29H32FN5O2/c30-24-14-21(22-8-10-25-26(15-22)33-18-32-25)7-9-23(24)28-31-12-3-1-2-4-27(36)35(28)17-19-11-13-34(16-19)29(37)20-5-6-20/h7-10,14-15,18-20H,1-6,11-13,16-17H2,(H,32,33)/t19-/m1/s1. The summed E-state index contributed by atoms with van der Waals surface area (Å²) in [6.45, 7) is 2.42. The topological polar surface area (TPSA) is 81.7 Å². The van der Waals surface area contributed by atoms with Gasteiger partial charge >= 0.3 is 0 Å². The molecule has 3 heterocycles. The van der Waals surface area contributed by atoms with Gasteiger partial charge < -0.3 is 9.88 Å². The Labute approximate surface area is 215 Å². The third kappa shape index (κ3) is 5.02. The van der Waals surface area contributed by atoms with E-state index in [9.17, 15) is 9.59 Å². The van der Waals surface area contributed by atoms with Crippen molar-refractivity contribution in [3.05, 3.63) is 54.1 Å². The zero-order valence-electron chi connectivity index (χ0n) is 21.0. The number of H-pyrrole nitrogens is 1. The normalized spacial score (nSPS) is 21.1. The van der Waals surface area contributed by atoms with E-state index in [0.717, 1.165) is 67.2 Å². The van der Waals surface area contributed by atoms with Gasteiger partial charge in [-0.1, -0.05) is 18.6 Å². The number of aliphatic imine (C=N–C) groups is 1. The van der Waals surface area contributed by atoms with Crippen LogP contribution >= 0.6 is 0 Å². The highest BCUT2D eigenvalue weighted by Crippen LogP contribution is 2.33. The number of nitrogens with zero attached hydrogens (tertiary/aromatic N) is 4. The van der Waals surface area contributed by atoms with Gasteiger partial charge in [-0.15, -0.1) is 0 Å². The van der Waals surface area contributed by atoms with E-state index in [-0.39, 0.29) is 23.7 Å². The summed E-state index contributed by atoms with van der Waals surface area (Å²) < 4.78 is 15.7. The summed E-state index contributed by atoms with van der Waals surface area (Å²) >= 11 is 0. The predicted molar refractivity (Wildman–Crippen MR) is 140 cm³/mol. The van der Waals surface area contributed by atoms with Gasteiger partial charge in [-0.3, -0.25) is 19.5 Å². The van der Waals surface area contributed by atoms with Crippen molar-refractivity contribution in [3.8, 4) is 11.1 Å². The molecule has 1 N–H and O–H groups in total. The van der Waals surface area contributed by atoms with E-state index in [1.807, 2.05) is 29.2 Å². The minimum Gasteiger partial charge on any atom is -0.345 e. The molecule has 3 aliphatic rings. The molecule has 0 bridgehead atoms. The average Bonchev–Trinajstić information content (AvgIpc) is 3.43. The second-order valence-corrected chi connectivity index (χ2v) is 10.6. The first-order chi connectivity index (χ1) is 18.1. The summed E-state index contributed by atoms with van der Waals surface area (Å²) in [5, 5.41) is 0. The molecule has 0 radical (unpaired) electrons. The second kappa shape index (κ2) is 10.1. The Hall–Kier alpha value is -3.55. The minimum atomic E-state index is -0.394. The number of halogens is 1. The smallest absolute Gasteiger partial charge is 0.228 e. The lowest BCUT2D eigenvalue weighted by molar-refractivity contribution is -0.131. The molecule has 2 amide bonds. The van der Waals surface area contributed by atoms with E-state index in [1.165, 1.54) is 6.07 Å². The van der Waals surface area contributed by atoms with Crippen LogP contribution in [-0.2, 0) is 9.59 Å². The Morgan fingerprint density at radius 2 is 1.89 bits per heavy atom. The number of benzene rings is 2. The van der Waals surface area contributed by atoms with Crippen LogP contribution in [0, 0.1) is 17.7 Å². The molecule has 2 aliphatic heterocycles. The lowest BCUT2D eigenvalue weighted by Crippen LogP contribution is -2.42. The highest BCUT2D eigenvalue weighted by atomic mass is 19.1. The largest absolute Gasteiger partial charge is 0.345 e. The fraction of sp³-hybridized carbons (Fsp3) is 0.448. The number of likely N-dealkylation sites (tertiary alicyclic amines) is 1. The molecule has 2 aromatic carbocycles. The van der Waals surface area contributed by atoms with Crippen LogP contribution in [0.25, 0.3) is 22.2 Å². The van der Waals surface area contributed by atoms with E-state index in [2.05, 4.69) is 9.97 Å². The van der Waals surface area contributed by atoms with Crippen molar-refractivity contribution in [1.29, 1.82) is 0 Å². The fourth-order valence-corrected chi connectivity index (χ4v) is 5.53. The number of hydrogen-bond donors (Lipinski definition) is 1. The molecule has 192 valence electrons. The molecular formula is C29H32FN5O2. The number of aromatic nitrogens is 2. The van der Waals surface area contributed by atoms with E-state index < -0.39 is 5.82 Å². The molecule has 1 atom stereocenters. The first-order valence-electron chi connectivity index (χ1n) is 13.4. The van der Waals surface area contributed by atoms with Crippen molar-refractivity contribution < 1.29 is 14.0 Å². The molecule has 3 aromatic rings. The summed E-state index contributed by atoms with van der Waals surface area (Å²) in [4.78, 5) is 41.7. The molecule has 1 saturated heterocycles. The number of fused-ring (bicyclic) bond motifs is 1. The minimum absolute atomic E-state index is 0.0132. The van der Waals surface area contributed by atoms with Crippen molar-refractivity contribution in [2.45, 2.75) is 44.9 Å². The van der Waals surface area contributed by atoms with Gasteiger partial charge in [0.05, 0.1) is 22.9 Å². The number of aromatic amines is 1. The van der Waals surface area contributed by atoms with Gasteiger partial charge in [-0.25, -0.2) is 9.37 Å². The van der Waals surface area contributed by atoms with Crippen LogP contribution in [0.3, 0.4) is 0 Å². The number of amides is 2. The lowest BCUT2D eigenvalue weighted by atomic mass is 10.0. The zero-order valence-corrected chi connectivity index (χ0v) is 21.0. The van der Waals surface area contributed by atoms with Crippen molar-refractivity contribution in [2.24, 2.45) is 16.8 Å². The van der Waals surface area contributed by atoms with Crippen LogP contribution < -0.4 is 0 Å². The SMILES string of the molecule is O=C(C1CC1)N1CC[C@@H](CN2C(=O)CCCCCN=C2c2ccc(-c3ccc4nc[nH]c4c3)cc2F)C1. The Morgan fingerprint density at radius 1 is 1.05 bits per heavy atom. The Morgan fingerprint density at radius 3 is 2.73 bits per heavy atom. The van der Waals surface area contributed by atoms with E-state index in [0.29, 0.717) is 37.5 Å². The third-order valence-electron chi connectivity index (χ3n) is 7.80. The van der Waals surface area contributed by atoms with E-state index >= 15 is 4.39 Å². The maximum Gasteiger partial charge on any atom is 0.228 e. The quantitative estimate of drug-likeness (QED) is 0.547. The fourth-order valence-electron chi connectivity index (χ4n) is 5.53. The second-order valence-electron chi connectivity index (χ2n) is 10.6. The van der Waals surface area contributed by atoms with Gasteiger partial charge in [0.25, 0.3) is 0 Å². The van der Waals surface area contributed by atoms with Crippen molar-refractivity contribution in [2.75, 3.05) is 26.2 Å². The molecule has 1 aromatic heterocycles. The first kappa shape index (κ1) is 23.8. The highest BCUT2D eigenvalue weighted by Gasteiger charge is 2.38. The van der Waals surface area contributed by atoms with E-state index in [1.54, 1.807) is 17.3 Å². The lowest BCUT2D eigenvalue weighted by Gasteiger charge is -2.28. The van der Waals surface area contributed by atoms with E-state index in [4.69, 9.17) is 4.99 Å². The number of rotatable bonds is 5. The Balaban J connectivity index is 1.27. The van der Waals surface area contributed by atoms with Crippen LogP contribution in [0.5, 0.6) is 0 Å². The molecule has 0 unspecified atom stereocenters. The number of amidine groups is 1. The monoisotopic (exact) mass is 501 g/mol. The number of nitrogens with one attached hydrogen (secondary N) is 1. The van der Waals surface area contributed by atoms with Gasteiger partial charge in [-0.2, -0.15) is 0 Å². The van der Waals surface area contributed by atoms with Crippen LogP contribution in [0.15, 0.2) is 47.7 Å². The van der Waals surface area contributed by atoms with Crippen molar-refractivity contribution in [1.82, 2.24) is 19.8 Å². The molecule has 6 rings (SSSR count). The maximum atomic E-state index is 15.7. The van der Waals surface area contributed by atoms with Gasteiger partial charge in [0, 0.05) is 38.5 Å². The molecule has 1 saturated carbocycles. The summed E-state index contributed by atoms with van der Waals surface area (Å²) in [5.41, 5.74) is 3.75. The molecular weight excluding hydrogens is 469 g/mol. The third-order valence-corrected chi connectivity index (χ3v) is 7.80. The maximum absolute atomic E-state index is 15.7. The highest BCUT2D eigenvalue weighted by molar-refractivity contribution is 6.08. The predicted octanol–water partition coefficient (Wildman–Crippen LogP) is 4.78. The molecule has 1 aliphatic carbocycles. The summed E-state index contributed by atoms with van der Waals surface area (Å²) in [7, 11) is 0. The zero-order chi connectivity index (χ0) is 25.4. The summed E-state index contributed by atoms with van der Waals surface area (Å²) in [6.07, 6.45) is 7.53. The molecule has 0 spiro atoms. The number of carbonyl (C=O) groups is 2.